The van der Waals surface area contributed by atoms with Crippen molar-refractivity contribution >= 4 is 5.97 Å². The summed E-state index contributed by atoms with van der Waals surface area (Å²) in [5.41, 5.74) is 0.109. The van der Waals surface area contributed by atoms with Gasteiger partial charge in [-0.1, -0.05) is 43.2 Å². The maximum absolute atomic E-state index is 12.2. The molecule has 1 aromatic carbocycles. The second kappa shape index (κ2) is 7.45. The molecule has 23 heavy (non-hydrogen) atoms. The lowest BCUT2D eigenvalue weighted by Gasteiger charge is -2.46. The fourth-order valence-corrected chi connectivity index (χ4v) is 4.30. The average molecular weight is 316 g/mol. The molecule has 0 amide bonds. The van der Waals surface area contributed by atoms with Crippen molar-refractivity contribution in [1.29, 1.82) is 0 Å². The molecule has 1 saturated heterocycles. The second-order valence-corrected chi connectivity index (χ2v) is 6.81. The number of hydrogen-bond donors (Lipinski definition) is 0. The number of rotatable bonds is 5. The summed E-state index contributed by atoms with van der Waals surface area (Å²) >= 11 is 0. The van der Waals surface area contributed by atoms with Crippen LogP contribution in [0, 0.1) is 5.92 Å². The van der Waals surface area contributed by atoms with Crippen LogP contribution < -0.4 is 5.11 Å². The van der Waals surface area contributed by atoms with E-state index in [1.54, 1.807) is 0 Å². The molecule has 0 aromatic heterocycles. The summed E-state index contributed by atoms with van der Waals surface area (Å²) in [6.07, 6.45) is 4.69. The summed E-state index contributed by atoms with van der Waals surface area (Å²) in [7, 11) is 0. The Bertz CT molecular complexity index is 513. The number of aliphatic carboxylic acids is 1. The van der Waals surface area contributed by atoms with Crippen LogP contribution in [-0.4, -0.2) is 43.7 Å². The summed E-state index contributed by atoms with van der Waals surface area (Å²) in [5.74, 6) is -0.734. The van der Waals surface area contributed by atoms with Gasteiger partial charge in [-0.2, -0.15) is 0 Å². The summed E-state index contributed by atoms with van der Waals surface area (Å²) in [4.78, 5) is 14.6. The molecular weight excluding hydrogens is 290 g/mol. The highest BCUT2D eigenvalue weighted by molar-refractivity contribution is 5.80. The van der Waals surface area contributed by atoms with Crippen molar-refractivity contribution in [1.82, 2.24) is 4.90 Å². The quantitative estimate of drug-likeness (QED) is 0.828. The molecule has 2 fully saturated rings. The lowest BCUT2D eigenvalue weighted by atomic mass is 9.61. The van der Waals surface area contributed by atoms with E-state index in [9.17, 15) is 9.90 Å². The van der Waals surface area contributed by atoms with E-state index in [1.165, 1.54) is 0 Å². The molecule has 0 bridgehead atoms. The zero-order chi connectivity index (χ0) is 16.1. The molecular formula is C19H26NO3-. The van der Waals surface area contributed by atoms with Gasteiger partial charge in [0, 0.05) is 18.5 Å². The number of carboxylic acids is 1. The van der Waals surface area contributed by atoms with E-state index in [0.29, 0.717) is 6.42 Å². The van der Waals surface area contributed by atoms with Crippen LogP contribution in [-0.2, 0) is 14.9 Å². The molecule has 3 rings (SSSR count). The van der Waals surface area contributed by atoms with Crippen LogP contribution in [0.2, 0.25) is 0 Å². The van der Waals surface area contributed by atoms with Crippen molar-refractivity contribution in [2.24, 2.45) is 5.92 Å². The second-order valence-electron chi connectivity index (χ2n) is 6.81. The van der Waals surface area contributed by atoms with E-state index in [-0.39, 0.29) is 5.92 Å². The van der Waals surface area contributed by atoms with E-state index < -0.39 is 11.4 Å². The maximum Gasteiger partial charge on any atom is 0.0594 e. The fourth-order valence-electron chi connectivity index (χ4n) is 4.30. The number of nitrogens with zero attached hydrogens (tertiary/aromatic N) is 1. The van der Waals surface area contributed by atoms with Gasteiger partial charge in [0.25, 0.3) is 0 Å². The van der Waals surface area contributed by atoms with Crippen LogP contribution in [0.15, 0.2) is 30.3 Å². The topological polar surface area (TPSA) is 52.6 Å². The molecule has 0 spiro atoms. The van der Waals surface area contributed by atoms with Crippen molar-refractivity contribution in [3.8, 4) is 0 Å². The van der Waals surface area contributed by atoms with Gasteiger partial charge in [0.2, 0.25) is 0 Å². The van der Waals surface area contributed by atoms with Crippen LogP contribution in [0.3, 0.4) is 0 Å². The molecule has 2 unspecified atom stereocenters. The van der Waals surface area contributed by atoms with E-state index >= 15 is 0 Å². The summed E-state index contributed by atoms with van der Waals surface area (Å²) < 4.78 is 5.39. The third-order valence-electron chi connectivity index (χ3n) is 5.62. The molecule has 1 aliphatic heterocycles. The third-order valence-corrected chi connectivity index (χ3v) is 5.62. The maximum atomic E-state index is 12.2. The summed E-state index contributed by atoms with van der Waals surface area (Å²) in [6.45, 7) is 4.44. The number of hydrogen-bond acceptors (Lipinski definition) is 4. The molecule has 126 valence electrons. The van der Waals surface area contributed by atoms with Gasteiger partial charge in [-0.25, -0.2) is 0 Å². The molecule has 1 aliphatic carbocycles. The Morgan fingerprint density at radius 3 is 2.65 bits per heavy atom. The molecule has 1 saturated carbocycles. The SMILES string of the molecule is O=C([O-])C1(c2ccccc2)CCCCC1CCN1CCOCC1. The molecule has 1 aromatic rings. The molecule has 0 radical (unpaired) electrons. The normalized spacial score (nSPS) is 29.3. The van der Waals surface area contributed by atoms with Crippen molar-refractivity contribution in [3.05, 3.63) is 35.9 Å². The van der Waals surface area contributed by atoms with E-state index in [1.807, 2.05) is 30.3 Å². The van der Waals surface area contributed by atoms with Gasteiger partial charge in [0.1, 0.15) is 0 Å². The van der Waals surface area contributed by atoms with Gasteiger partial charge in [0.05, 0.1) is 19.2 Å². The summed E-state index contributed by atoms with van der Waals surface area (Å²) in [5, 5.41) is 12.2. The highest BCUT2D eigenvalue weighted by Gasteiger charge is 2.43. The standard InChI is InChI=1S/C19H27NO3/c21-18(22)19(16-6-2-1-3-7-16)10-5-4-8-17(19)9-11-20-12-14-23-15-13-20/h1-3,6-7,17H,4-5,8-15H2,(H,21,22)/p-1. The molecule has 2 aliphatic rings. The molecule has 1 heterocycles. The zero-order valence-corrected chi connectivity index (χ0v) is 13.7. The van der Waals surface area contributed by atoms with Crippen LogP contribution in [0.4, 0.5) is 0 Å². The predicted molar refractivity (Wildman–Crippen MR) is 87.0 cm³/mol. The van der Waals surface area contributed by atoms with Crippen LogP contribution in [0.1, 0.15) is 37.7 Å². The van der Waals surface area contributed by atoms with Crippen molar-refractivity contribution in [3.63, 3.8) is 0 Å². The smallest absolute Gasteiger partial charge is 0.0594 e. The Kier molecular flexibility index (Phi) is 5.34. The number of ether oxygens (including phenoxy) is 1. The van der Waals surface area contributed by atoms with Gasteiger partial charge < -0.3 is 14.6 Å². The van der Waals surface area contributed by atoms with Crippen molar-refractivity contribution in [2.45, 2.75) is 37.5 Å². The number of carboxylic acid groups (broad SMARTS) is 1. The molecule has 4 heteroatoms. The van der Waals surface area contributed by atoms with E-state index in [2.05, 4.69) is 4.90 Å². The number of morpholine rings is 1. The molecule has 2 atom stereocenters. The lowest BCUT2D eigenvalue weighted by Crippen LogP contribution is -2.53. The first kappa shape index (κ1) is 16.5. The molecule has 0 N–H and O–H groups in total. The monoisotopic (exact) mass is 316 g/mol. The largest absolute Gasteiger partial charge is 0.549 e. The number of carbonyl (C=O) groups excluding carboxylic acids is 1. The van der Waals surface area contributed by atoms with Crippen LogP contribution in [0.5, 0.6) is 0 Å². The highest BCUT2D eigenvalue weighted by atomic mass is 16.5. The van der Waals surface area contributed by atoms with Gasteiger partial charge in [0.15, 0.2) is 0 Å². The van der Waals surface area contributed by atoms with Crippen LogP contribution >= 0.6 is 0 Å². The Balaban J connectivity index is 1.78. The van der Waals surface area contributed by atoms with Gasteiger partial charge in [-0.05, 0) is 37.3 Å². The number of carbonyl (C=O) groups is 1. The lowest BCUT2D eigenvalue weighted by molar-refractivity contribution is -0.317. The third kappa shape index (κ3) is 3.43. The highest BCUT2D eigenvalue weighted by Crippen LogP contribution is 2.45. The Labute approximate surface area is 138 Å². The Morgan fingerprint density at radius 2 is 1.96 bits per heavy atom. The predicted octanol–water partition coefficient (Wildman–Crippen LogP) is 1.59. The van der Waals surface area contributed by atoms with Gasteiger partial charge in [-0.3, -0.25) is 4.90 Å². The van der Waals surface area contributed by atoms with E-state index in [4.69, 9.17) is 4.74 Å². The first-order valence-corrected chi connectivity index (χ1v) is 8.80. The fraction of sp³-hybridized carbons (Fsp3) is 0.632. The minimum atomic E-state index is -0.893. The number of benzene rings is 1. The minimum Gasteiger partial charge on any atom is -0.549 e. The van der Waals surface area contributed by atoms with Crippen molar-refractivity contribution < 1.29 is 14.6 Å². The first-order valence-electron chi connectivity index (χ1n) is 8.80. The Morgan fingerprint density at radius 1 is 1.22 bits per heavy atom. The van der Waals surface area contributed by atoms with Crippen LogP contribution in [0.25, 0.3) is 0 Å². The molecule has 4 nitrogen and oxygen atoms in total. The van der Waals surface area contributed by atoms with E-state index in [0.717, 1.165) is 64.1 Å². The van der Waals surface area contributed by atoms with Gasteiger partial charge in [-0.15, -0.1) is 0 Å². The van der Waals surface area contributed by atoms with Gasteiger partial charge >= 0.3 is 0 Å². The Hall–Kier alpha value is -1.39. The first-order chi connectivity index (χ1) is 11.2. The minimum absolute atomic E-state index is 0.159. The summed E-state index contributed by atoms with van der Waals surface area (Å²) in [6, 6.07) is 9.74. The zero-order valence-electron chi connectivity index (χ0n) is 13.7. The average Bonchev–Trinajstić information content (AvgIpc) is 2.61. The van der Waals surface area contributed by atoms with Crippen molar-refractivity contribution in [2.75, 3.05) is 32.8 Å².